The topological polar surface area (TPSA) is 67.2 Å². The molecule has 3 aromatic carbocycles. The van der Waals surface area contributed by atoms with Gasteiger partial charge in [0, 0.05) is 11.3 Å². The van der Waals surface area contributed by atoms with Crippen LogP contribution in [-0.2, 0) is 5.41 Å². The molecule has 168 valence electrons. The van der Waals surface area contributed by atoms with Gasteiger partial charge >= 0.3 is 0 Å². The molecular formula is C25H21ClFN3O2S. The zero-order valence-corrected chi connectivity index (χ0v) is 19.8. The van der Waals surface area contributed by atoms with E-state index in [2.05, 4.69) is 48.5 Å². The molecule has 4 rings (SSSR count). The monoisotopic (exact) mass is 481 g/mol. The van der Waals surface area contributed by atoms with Crippen LogP contribution in [0.1, 0.15) is 36.7 Å². The van der Waals surface area contributed by atoms with E-state index in [1.807, 2.05) is 12.1 Å². The van der Waals surface area contributed by atoms with Crippen molar-refractivity contribution < 1.29 is 13.6 Å². The number of anilines is 1. The first kappa shape index (κ1) is 22.9. The fraction of sp³-hybridized carbons (Fsp3) is 0.160. The molecule has 0 atom stereocenters. The number of aromatic nitrogens is 1. The molecule has 0 spiro atoms. The molecule has 0 saturated heterocycles. The Balaban J connectivity index is 1.48. The van der Waals surface area contributed by atoms with Gasteiger partial charge in [-0.2, -0.15) is 0 Å². The van der Waals surface area contributed by atoms with Gasteiger partial charge in [-0.25, -0.2) is 9.37 Å². The number of fused-ring (bicyclic) bond motifs is 1. The molecule has 5 nitrogen and oxygen atoms in total. The van der Waals surface area contributed by atoms with Crippen molar-refractivity contribution in [2.45, 2.75) is 26.2 Å². The van der Waals surface area contributed by atoms with Crippen LogP contribution in [0.15, 0.2) is 65.1 Å². The molecule has 4 aromatic rings. The number of oxazole rings is 1. The Morgan fingerprint density at radius 3 is 2.45 bits per heavy atom. The fourth-order valence-electron chi connectivity index (χ4n) is 3.25. The standard InChI is InChI=1S/C25H21ClFN3O2S/c1-25(2,3)15-6-4-14(5-7-15)23-29-20-13-17(9-11-21(20)32-23)28-24(33)30-22(31)18-10-8-16(27)12-19(18)26/h4-13H,1-3H3,(H2,28,30,31,33). The van der Waals surface area contributed by atoms with Crippen LogP contribution in [0.25, 0.3) is 22.6 Å². The number of carbonyl (C=O) groups excluding carboxylic acids is 1. The molecule has 0 fully saturated rings. The molecule has 0 bridgehead atoms. The lowest BCUT2D eigenvalue weighted by Gasteiger charge is -2.18. The summed E-state index contributed by atoms with van der Waals surface area (Å²) in [6.45, 7) is 6.49. The number of halogens is 2. The minimum atomic E-state index is -0.541. The lowest BCUT2D eigenvalue weighted by atomic mass is 9.87. The number of hydrogen-bond acceptors (Lipinski definition) is 4. The highest BCUT2D eigenvalue weighted by Gasteiger charge is 2.16. The van der Waals surface area contributed by atoms with E-state index in [9.17, 15) is 9.18 Å². The summed E-state index contributed by atoms with van der Waals surface area (Å²) in [4.78, 5) is 16.9. The lowest BCUT2D eigenvalue weighted by Crippen LogP contribution is -2.34. The van der Waals surface area contributed by atoms with Crippen molar-refractivity contribution in [3.63, 3.8) is 0 Å². The molecule has 0 unspecified atom stereocenters. The van der Waals surface area contributed by atoms with Crippen molar-refractivity contribution in [3.05, 3.63) is 82.6 Å². The van der Waals surface area contributed by atoms with Crippen LogP contribution in [0.3, 0.4) is 0 Å². The second-order valence-electron chi connectivity index (χ2n) is 8.56. The van der Waals surface area contributed by atoms with E-state index in [0.717, 1.165) is 17.7 Å². The number of nitrogens with one attached hydrogen (secondary N) is 2. The van der Waals surface area contributed by atoms with Crippen molar-refractivity contribution in [3.8, 4) is 11.5 Å². The van der Waals surface area contributed by atoms with Crippen molar-refractivity contribution in [2.24, 2.45) is 0 Å². The van der Waals surface area contributed by atoms with Crippen LogP contribution < -0.4 is 10.6 Å². The summed E-state index contributed by atoms with van der Waals surface area (Å²) in [7, 11) is 0. The van der Waals surface area contributed by atoms with E-state index in [-0.39, 0.29) is 21.1 Å². The molecule has 1 heterocycles. The summed E-state index contributed by atoms with van der Waals surface area (Å²) in [5.41, 5.74) is 4.20. The van der Waals surface area contributed by atoms with E-state index in [0.29, 0.717) is 22.7 Å². The van der Waals surface area contributed by atoms with Gasteiger partial charge in [-0.1, -0.05) is 44.5 Å². The quantitative estimate of drug-likeness (QED) is 0.318. The molecule has 2 N–H and O–H groups in total. The molecule has 0 aliphatic rings. The van der Waals surface area contributed by atoms with E-state index < -0.39 is 11.7 Å². The SMILES string of the molecule is CC(C)(C)c1ccc(-c2nc3cc(NC(=S)NC(=O)c4ccc(F)cc4Cl)ccc3o2)cc1. The molecule has 33 heavy (non-hydrogen) atoms. The minimum absolute atomic E-state index is 0.00220. The Bertz CT molecular complexity index is 1360. The van der Waals surface area contributed by atoms with Gasteiger partial charge in [0.2, 0.25) is 5.89 Å². The maximum atomic E-state index is 13.2. The van der Waals surface area contributed by atoms with Crippen molar-refractivity contribution >= 4 is 51.6 Å². The normalized spacial score (nSPS) is 11.4. The van der Waals surface area contributed by atoms with Crippen molar-refractivity contribution in [2.75, 3.05) is 5.32 Å². The molecule has 0 aliphatic heterocycles. The van der Waals surface area contributed by atoms with Crippen LogP contribution in [0.5, 0.6) is 0 Å². The van der Waals surface area contributed by atoms with Gasteiger partial charge in [-0.05, 0) is 71.7 Å². The maximum absolute atomic E-state index is 13.2. The third-order valence-electron chi connectivity index (χ3n) is 5.05. The molecule has 0 saturated carbocycles. The molecule has 1 amide bonds. The highest BCUT2D eigenvalue weighted by atomic mass is 35.5. The zero-order chi connectivity index (χ0) is 23.8. The molecule has 8 heteroatoms. The first-order valence-corrected chi connectivity index (χ1v) is 11.0. The lowest BCUT2D eigenvalue weighted by molar-refractivity contribution is 0.0978. The Hall–Kier alpha value is -3.29. The van der Waals surface area contributed by atoms with Gasteiger partial charge in [0.05, 0.1) is 10.6 Å². The largest absolute Gasteiger partial charge is 0.436 e. The molecule has 0 radical (unpaired) electrons. The van der Waals surface area contributed by atoms with Gasteiger partial charge in [0.1, 0.15) is 11.3 Å². The number of rotatable bonds is 3. The maximum Gasteiger partial charge on any atom is 0.258 e. The van der Waals surface area contributed by atoms with Crippen molar-refractivity contribution in [1.29, 1.82) is 0 Å². The fourth-order valence-corrected chi connectivity index (χ4v) is 3.71. The Morgan fingerprint density at radius 2 is 1.79 bits per heavy atom. The average Bonchev–Trinajstić information content (AvgIpc) is 3.16. The second kappa shape index (κ2) is 8.92. The molecule has 0 aliphatic carbocycles. The Kier molecular flexibility index (Phi) is 6.19. The highest BCUT2D eigenvalue weighted by molar-refractivity contribution is 7.80. The van der Waals surface area contributed by atoms with Crippen LogP contribution >= 0.6 is 23.8 Å². The predicted molar refractivity (Wildman–Crippen MR) is 133 cm³/mol. The van der Waals surface area contributed by atoms with Crippen molar-refractivity contribution in [1.82, 2.24) is 10.3 Å². The van der Waals surface area contributed by atoms with Crippen LogP contribution in [-0.4, -0.2) is 16.0 Å². The Labute approximate surface area is 201 Å². The summed E-state index contributed by atoms with van der Waals surface area (Å²) in [5.74, 6) is -0.548. The first-order valence-electron chi connectivity index (χ1n) is 10.2. The molecule has 1 aromatic heterocycles. The number of nitrogens with zero attached hydrogens (tertiary/aromatic N) is 1. The van der Waals surface area contributed by atoms with Gasteiger partial charge in [-0.15, -0.1) is 0 Å². The number of thiocarbonyl (C=S) groups is 1. The van der Waals surface area contributed by atoms with Gasteiger partial charge in [0.15, 0.2) is 10.7 Å². The predicted octanol–water partition coefficient (Wildman–Crippen LogP) is 6.71. The van der Waals surface area contributed by atoms with E-state index in [4.69, 9.17) is 28.2 Å². The number of amides is 1. The summed E-state index contributed by atoms with van der Waals surface area (Å²) in [6, 6.07) is 17.0. The van der Waals surface area contributed by atoms with Crippen LogP contribution in [0.4, 0.5) is 10.1 Å². The third-order valence-corrected chi connectivity index (χ3v) is 5.56. The van der Waals surface area contributed by atoms with E-state index in [1.165, 1.54) is 11.6 Å². The highest BCUT2D eigenvalue weighted by Crippen LogP contribution is 2.29. The number of carbonyl (C=O) groups is 1. The second-order valence-corrected chi connectivity index (χ2v) is 9.38. The number of hydrogen-bond donors (Lipinski definition) is 2. The number of benzene rings is 3. The van der Waals surface area contributed by atoms with Crippen LogP contribution in [0.2, 0.25) is 5.02 Å². The van der Waals surface area contributed by atoms with Gasteiger partial charge < -0.3 is 9.73 Å². The average molecular weight is 482 g/mol. The molecular weight excluding hydrogens is 461 g/mol. The van der Waals surface area contributed by atoms with E-state index >= 15 is 0 Å². The van der Waals surface area contributed by atoms with Crippen LogP contribution in [0, 0.1) is 5.82 Å². The summed E-state index contributed by atoms with van der Waals surface area (Å²) in [5, 5.41) is 5.54. The minimum Gasteiger partial charge on any atom is -0.436 e. The Morgan fingerprint density at radius 1 is 1.06 bits per heavy atom. The van der Waals surface area contributed by atoms with E-state index in [1.54, 1.807) is 18.2 Å². The smallest absolute Gasteiger partial charge is 0.258 e. The summed E-state index contributed by atoms with van der Waals surface area (Å²) >= 11 is 11.2. The zero-order valence-electron chi connectivity index (χ0n) is 18.2. The summed E-state index contributed by atoms with van der Waals surface area (Å²) < 4.78 is 19.1. The first-order chi connectivity index (χ1) is 15.6. The third kappa shape index (κ3) is 5.21. The summed E-state index contributed by atoms with van der Waals surface area (Å²) in [6.07, 6.45) is 0. The van der Waals surface area contributed by atoms with Gasteiger partial charge in [0.25, 0.3) is 5.91 Å². The van der Waals surface area contributed by atoms with Gasteiger partial charge in [-0.3, -0.25) is 10.1 Å².